The molecule has 1 aliphatic heterocycles. The molecule has 2 aromatic heterocycles. The normalized spacial score (nSPS) is 17.5. The minimum absolute atomic E-state index is 0.0778. The Morgan fingerprint density at radius 1 is 1.40 bits per heavy atom. The summed E-state index contributed by atoms with van der Waals surface area (Å²) in [7, 11) is 0. The second-order valence-electron chi connectivity index (χ2n) is 9.93. The minimum Gasteiger partial charge on any atom is -0.465 e. The predicted octanol–water partition coefficient (Wildman–Crippen LogP) is 4.39. The summed E-state index contributed by atoms with van der Waals surface area (Å²) in [6.07, 6.45) is 2.46. The molecule has 35 heavy (non-hydrogen) atoms. The van der Waals surface area contributed by atoms with Crippen LogP contribution in [0.25, 0.3) is 5.65 Å². The zero-order valence-electron chi connectivity index (χ0n) is 20.4. The highest BCUT2D eigenvalue weighted by molar-refractivity contribution is 5.86. The number of nitro benzene ring substituents is 1. The second kappa shape index (κ2) is 9.49. The van der Waals surface area contributed by atoms with Crippen LogP contribution in [-0.2, 0) is 6.54 Å². The van der Waals surface area contributed by atoms with Gasteiger partial charge < -0.3 is 15.7 Å². The number of hydrogen-bond donors (Lipinski definition) is 3. The van der Waals surface area contributed by atoms with E-state index < -0.39 is 11.0 Å². The molecule has 3 aromatic rings. The van der Waals surface area contributed by atoms with E-state index in [0.29, 0.717) is 22.8 Å². The summed E-state index contributed by atoms with van der Waals surface area (Å²) in [5.74, 6) is 1.01. The van der Waals surface area contributed by atoms with Crippen molar-refractivity contribution in [2.75, 3.05) is 16.8 Å². The van der Waals surface area contributed by atoms with E-state index >= 15 is 0 Å². The fraction of sp³-hybridized carbons (Fsp3) is 0.458. The highest BCUT2D eigenvalue weighted by Gasteiger charge is 2.28. The molecule has 0 saturated carbocycles. The van der Waals surface area contributed by atoms with E-state index in [-0.39, 0.29) is 29.7 Å². The maximum absolute atomic E-state index is 12.4. The van der Waals surface area contributed by atoms with Gasteiger partial charge in [0.05, 0.1) is 17.7 Å². The Morgan fingerprint density at radius 2 is 2.17 bits per heavy atom. The topological polar surface area (TPSA) is 138 Å². The Bertz CT molecular complexity index is 1240. The molecule has 3 N–H and O–H groups in total. The molecular formula is C24H31N7O4. The van der Waals surface area contributed by atoms with Crippen molar-refractivity contribution in [3.8, 4) is 0 Å². The van der Waals surface area contributed by atoms with Crippen LogP contribution in [-0.4, -0.2) is 48.8 Å². The highest BCUT2D eigenvalue weighted by atomic mass is 16.6. The lowest BCUT2D eigenvalue weighted by Crippen LogP contribution is -2.50. The van der Waals surface area contributed by atoms with E-state index in [2.05, 4.69) is 29.6 Å². The fourth-order valence-corrected chi connectivity index (χ4v) is 4.29. The first-order valence-corrected chi connectivity index (χ1v) is 11.7. The molecule has 0 unspecified atom stereocenters. The molecular weight excluding hydrogens is 450 g/mol. The molecule has 1 aliphatic rings. The van der Waals surface area contributed by atoms with Crippen LogP contribution < -0.4 is 15.5 Å². The lowest BCUT2D eigenvalue weighted by atomic mass is 9.91. The maximum Gasteiger partial charge on any atom is 0.413 e. The van der Waals surface area contributed by atoms with Crippen molar-refractivity contribution in [2.45, 2.75) is 64.6 Å². The van der Waals surface area contributed by atoms with Gasteiger partial charge in [0.15, 0.2) is 5.65 Å². The van der Waals surface area contributed by atoms with Crippen molar-refractivity contribution >= 4 is 29.1 Å². The number of hydrogen-bond acceptors (Lipinski definition) is 7. The largest absolute Gasteiger partial charge is 0.465 e. The number of carboxylic acid groups (broad SMARTS) is 1. The predicted molar refractivity (Wildman–Crippen MR) is 133 cm³/mol. The van der Waals surface area contributed by atoms with Crippen molar-refractivity contribution in [3.05, 3.63) is 57.8 Å². The maximum atomic E-state index is 12.4. The number of carbonyl (C=O) groups is 1. The van der Waals surface area contributed by atoms with Gasteiger partial charge in [0.2, 0.25) is 0 Å². The number of nitrogens with one attached hydrogen (secondary N) is 2. The van der Waals surface area contributed by atoms with E-state index in [1.165, 1.54) is 16.6 Å². The summed E-state index contributed by atoms with van der Waals surface area (Å²) in [6.45, 7) is 9.09. The Morgan fingerprint density at radius 3 is 2.80 bits per heavy atom. The number of nitrogens with zero attached hydrogens (tertiary/aromatic N) is 5. The first kappa shape index (κ1) is 24.4. The van der Waals surface area contributed by atoms with Crippen LogP contribution in [0.1, 0.15) is 57.6 Å². The molecule has 186 valence electrons. The van der Waals surface area contributed by atoms with Gasteiger partial charge in [0.25, 0.3) is 5.69 Å². The molecule has 11 heteroatoms. The Kier molecular flexibility index (Phi) is 6.62. The third kappa shape index (κ3) is 5.35. The third-order valence-electron chi connectivity index (χ3n) is 6.37. The summed E-state index contributed by atoms with van der Waals surface area (Å²) in [4.78, 5) is 29.0. The van der Waals surface area contributed by atoms with Gasteiger partial charge in [-0.05, 0) is 38.2 Å². The molecule has 3 heterocycles. The van der Waals surface area contributed by atoms with Crippen molar-refractivity contribution in [1.82, 2.24) is 19.9 Å². The first-order valence-electron chi connectivity index (χ1n) is 11.7. The molecule has 11 nitrogen and oxygen atoms in total. The van der Waals surface area contributed by atoms with Crippen molar-refractivity contribution in [2.24, 2.45) is 0 Å². The number of rotatable bonds is 7. The number of benzene rings is 1. The van der Waals surface area contributed by atoms with Gasteiger partial charge >= 0.3 is 6.09 Å². The van der Waals surface area contributed by atoms with Crippen LogP contribution in [0.5, 0.6) is 0 Å². The molecule has 0 spiro atoms. The van der Waals surface area contributed by atoms with Crippen molar-refractivity contribution in [1.29, 1.82) is 0 Å². The summed E-state index contributed by atoms with van der Waals surface area (Å²) >= 11 is 0. The summed E-state index contributed by atoms with van der Waals surface area (Å²) in [6, 6.07) is 7.79. The van der Waals surface area contributed by atoms with Crippen LogP contribution in [0.4, 0.5) is 22.1 Å². The molecule has 1 saturated heterocycles. The molecule has 0 aliphatic carbocycles. The standard InChI is InChI=1S/C24H31N7O4/c1-15(2)19-13-26-30-21(29(23(32)33)14-16-6-5-7-18(10-16)31(34)35)11-20(28-22(19)30)27-17-8-9-24(3,4)25-12-17/h5-7,10-11,13,15,17,25H,8-9,12,14H2,1-4H3,(H,27,28)(H,32,33)/t17-/m0/s1. The average molecular weight is 482 g/mol. The van der Waals surface area contributed by atoms with E-state index in [0.717, 1.165) is 29.8 Å². The van der Waals surface area contributed by atoms with Gasteiger partial charge in [-0.2, -0.15) is 9.61 Å². The van der Waals surface area contributed by atoms with E-state index in [9.17, 15) is 20.0 Å². The van der Waals surface area contributed by atoms with E-state index in [4.69, 9.17) is 4.98 Å². The van der Waals surface area contributed by atoms with E-state index in [1.807, 2.05) is 13.8 Å². The van der Waals surface area contributed by atoms with Gasteiger partial charge in [-0.1, -0.05) is 26.0 Å². The quantitative estimate of drug-likeness (QED) is 0.334. The smallest absolute Gasteiger partial charge is 0.413 e. The monoisotopic (exact) mass is 481 g/mol. The van der Waals surface area contributed by atoms with Crippen molar-refractivity contribution in [3.63, 3.8) is 0 Å². The van der Waals surface area contributed by atoms with E-state index in [1.54, 1.807) is 24.4 Å². The number of fused-ring (bicyclic) bond motifs is 1. The Labute approximate surface area is 203 Å². The van der Waals surface area contributed by atoms with Crippen LogP contribution in [0.15, 0.2) is 36.5 Å². The second-order valence-corrected chi connectivity index (χ2v) is 9.93. The number of piperidine rings is 1. The number of anilines is 2. The number of nitro groups is 1. The van der Waals surface area contributed by atoms with Gasteiger partial charge in [0.1, 0.15) is 11.6 Å². The van der Waals surface area contributed by atoms with Crippen LogP contribution in [0, 0.1) is 10.1 Å². The van der Waals surface area contributed by atoms with Gasteiger partial charge in [0, 0.05) is 41.9 Å². The van der Waals surface area contributed by atoms with Crippen LogP contribution in [0.2, 0.25) is 0 Å². The Balaban J connectivity index is 1.74. The minimum atomic E-state index is -1.20. The third-order valence-corrected chi connectivity index (χ3v) is 6.37. The van der Waals surface area contributed by atoms with Crippen LogP contribution >= 0.6 is 0 Å². The molecule has 1 amide bonds. The first-order chi connectivity index (χ1) is 16.5. The average Bonchev–Trinajstić information content (AvgIpc) is 3.23. The zero-order valence-corrected chi connectivity index (χ0v) is 20.4. The Hall–Kier alpha value is -3.73. The van der Waals surface area contributed by atoms with Gasteiger partial charge in [-0.15, -0.1) is 0 Å². The lowest BCUT2D eigenvalue weighted by molar-refractivity contribution is -0.384. The van der Waals surface area contributed by atoms with Gasteiger partial charge in [-0.25, -0.2) is 9.78 Å². The van der Waals surface area contributed by atoms with Gasteiger partial charge in [-0.3, -0.25) is 15.0 Å². The van der Waals surface area contributed by atoms with Crippen molar-refractivity contribution < 1.29 is 14.8 Å². The molecule has 1 aromatic carbocycles. The molecule has 0 radical (unpaired) electrons. The summed E-state index contributed by atoms with van der Waals surface area (Å²) in [5, 5.41) is 32.7. The highest BCUT2D eigenvalue weighted by Crippen LogP contribution is 2.29. The SMILES string of the molecule is CC(C)c1cnn2c(N(Cc3cccc([N+](=O)[O-])c3)C(=O)O)cc(N[C@H]3CCC(C)(C)NC3)nc12. The fourth-order valence-electron chi connectivity index (χ4n) is 4.29. The number of amides is 1. The molecule has 0 bridgehead atoms. The molecule has 1 fully saturated rings. The number of non-ortho nitro benzene ring substituents is 1. The lowest BCUT2D eigenvalue weighted by Gasteiger charge is -2.36. The zero-order chi connectivity index (χ0) is 25.3. The molecule has 4 rings (SSSR count). The number of aromatic nitrogens is 3. The summed E-state index contributed by atoms with van der Waals surface area (Å²) < 4.78 is 1.52. The van der Waals surface area contributed by atoms with Crippen LogP contribution in [0.3, 0.4) is 0 Å². The molecule has 1 atom stereocenters. The summed E-state index contributed by atoms with van der Waals surface area (Å²) in [5.41, 5.74) is 1.96.